The van der Waals surface area contributed by atoms with Crippen molar-refractivity contribution in [1.82, 2.24) is 16.0 Å². The zero-order valence-electron chi connectivity index (χ0n) is 17.7. The van der Waals surface area contributed by atoms with E-state index in [-0.39, 0.29) is 17.7 Å². The summed E-state index contributed by atoms with van der Waals surface area (Å²) in [5.41, 5.74) is 0. The molecule has 28 heavy (non-hydrogen) atoms. The average molecular weight is 434 g/mol. The van der Waals surface area contributed by atoms with E-state index >= 15 is 0 Å². The van der Waals surface area contributed by atoms with E-state index in [2.05, 4.69) is 28.6 Å². The Morgan fingerprint density at radius 2 is 1.25 bits per heavy atom. The van der Waals surface area contributed by atoms with Gasteiger partial charge in [0.05, 0.1) is 6.04 Å². The molecule has 3 N–H and O–H groups in total. The highest BCUT2D eigenvalue weighted by Crippen LogP contribution is 2.10. The molecule has 3 amide bonds. The highest BCUT2D eigenvalue weighted by atomic mass is 32.2. The van der Waals surface area contributed by atoms with E-state index < -0.39 is 35.1 Å². The number of amides is 3. The monoisotopic (exact) mass is 433 g/mol. The van der Waals surface area contributed by atoms with Crippen LogP contribution in [-0.2, 0) is 19.2 Å². The van der Waals surface area contributed by atoms with Crippen molar-refractivity contribution >= 4 is 47.2 Å². The van der Waals surface area contributed by atoms with Crippen molar-refractivity contribution in [3.63, 3.8) is 0 Å². The molecule has 0 aromatic heterocycles. The summed E-state index contributed by atoms with van der Waals surface area (Å²) in [6.07, 6.45) is 3.27. The van der Waals surface area contributed by atoms with Crippen LogP contribution in [0, 0.1) is 11.8 Å². The van der Waals surface area contributed by atoms with Gasteiger partial charge in [0.25, 0.3) is 0 Å². The second-order valence-corrected chi connectivity index (χ2v) is 9.18. The molecule has 0 aliphatic carbocycles. The molecular weight excluding hydrogens is 398 g/mol. The summed E-state index contributed by atoms with van der Waals surface area (Å²) < 4.78 is 0. The van der Waals surface area contributed by atoms with Crippen molar-refractivity contribution < 1.29 is 19.2 Å². The third kappa shape index (κ3) is 11.6. The van der Waals surface area contributed by atoms with Crippen molar-refractivity contribution in [2.75, 3.05) is 12.0 Å². The van der Waals surface area contributed by atoms with Gasteiger partial charge in [-0.05, 0) is 43.1 Å². The van der Waals surface area contributed by atoms with E-state index in [0.29, 0.717) is 25.0 Å². The van der Waals surface area contributed by atoms with Gasteiger partial charge in [-0.1, -0.05) is 27.7 Å². The second kappa shape index (κ2) is 13.9. The lowest BCUT2D eigenvalue weighted by Crippen LogP contribution is -2.56. The Morgan fingerprint density at radius 3 is 1.61 bits per heavy atom. The van der Waals surface area contributed by atoms with Crippen LogP contribution in [-0.4, -0.2) is 53.0 Å². The van der Waals surface area contributed by atoms with Gasteiger partial charge in [0.1, 0.15) is 12.1 Å². The van der Waals surface area contributed by atoms with Crippen LogP contribution in [0.25, 0.3) is 0 Å². The Morgan fingerprint density at radius 1 is 0.821 bits per heavy atom. The quantitative estimate of drug-likeness (QED) is 0.331. The molecule has 0 aliphatic rings. The molecule has 0 spiro atoms. The van der Waals surface area contributed by atoms with Crippen molar-refractivity contribution in [2.24, 2.45) is 11.8 Å². The molecule has 0 aliphatic heterocycles. The van der Waals surface area contributed by atoms with Gasteiger partial charge in [0.15, 0.2) is 0 Å². The smallest absolute Gasteiger partial charge is 0.243 e. The Hall–Kier alpha value is -1.22. The molecule has 7 nitrogen and oxygen atoms in total. The lowest BCUT2D eigenvalue weighted by molar-refractivity contribution is -0.133. The molecule has 0 saturated heterocycles. The first-order chi connectivity index (χ1) is 13.0. The highest BCUT2D eigenvalue weighted by Gasteiger charge is 2.29. The number of carbonyl (C=O) groups is 4. The first-order valence-corrected chi connectivity index (χ1v) is 11.4. The van der Waals surface area contributed by atoms with Gasteiger partial charge < -0.3 is 16.0 Å². The summed E-state index contributed by atoms with van der Waals surface area (Å²) in [6.45, 7) is 9.15. The zero-order chi connectivity index (χ0) is 21.9. The molecule has 9 heteroatoms. The van der Waals surface area contributed by atoms with Gasteiger partial charge >= 0.3 is 0 Å². The van der Waals surface area contributed by atoms with E-state index in [1.165, 1.54) is 6.92 Å². The maximum absolute atomic E-state index is 12.8. The summed E-state index contributed by atoms with van der Waals surface area (Å²) in [7, 11) is 0. The molecular formula is C19H35N3O4S2. The minimum absolute atomic E-state index is 0.150. The van der Waals surface area contributed by atoms with E-state index in [0.717, 1.165) is 0 Å². The fraction of sp³-hybridized carbons (Fsp3) is 0.789. The Labute approximate surface area is 178 Å². The van der Waals surface area contributed by atoms with Gasteiger partial charge in [-0.15, -0.1) is 12.6 Å². The molecule has 0 radical (unpaired) electrons. The SMILES string of the molecule is CSCC[C@H](NC(=O)[C@H](CC(C)C)NC(=O)[C@H](CC(C)C)NC(C)=O)C(=O)S. The largest absolute Gasteiger partial charge is 0.345 e. The van der Waals surface area contributed by atoms with Gasteiger partial charge in [-0.3, -0.25) is 19.2 Å². The predicted molar refractivity (Wildman–Crippen MR) is 117 cm³/mol. The summed E-state index contributed by atoms with van der Waals surface area (Å²) in [5.74, 6) is -0.0700. The maximum Gasteiger partial charge on any atom is 0.243 e. The molecule has 0 unspecified atom stereocenters. The van der Waals surface area contributed by atoms with E-state index in [9.17, 15) is 19.2 Å². The maximum atomic E-state index is 12.8. The van der Waals surface area contributed by atoms with Crippen LogP contribution in [0.3, 0.4) is 0 Å². The van der Waals surface area contributed by atoms with Gasteiger partial charge in [-0.2, -0.15) is 11.8 Å². The van der Waals surface area contributed by atoms with Crippen LogP contribution in [0.5, 0.6) is 0 Å². The third-order valence-corrected chi connectivity index (χ3v) is 4.92. The van der Waals surface area contributed by atoms with E-state index in [4.69, 9.17) is 0 Å². The first kappa shape index (κ1) is 26.8. The van der Waals surface area contributed by atoms with Gasteiger partial charge in [-0.25, -0.2) is 0 Å². The molecule has 162 valence electrons. The lowest BCUT2D eigenvalue weighted by atomic mass is 10.00. The van der Waals surface area contributed by atoms with Crippen LogP contribution in [0.1, 0.15) is 53.9 Å². The highest BCUT2D eigenvalue weighted by molar-refractivity contribution is 7.98. The summed E-state index contributed by atoms with van der Waals surface area (Å²) in [5, 5.41) is 7.69. The number of thioether (sulfide) groups is 1. The zero-order valence-corrected chi connectivity index (χ0v) is 19.4. The Bertz CT molecular complexity index is 541. The lowest BCUT2D eigenvalue weighted by Gasteiger charge is -2.26. The van der Waals surface area contributed by atoms with Crippen molar-refractivity contribution in [1.29, 1.82) is 0 Å². The van der Waals surface area contributed by atoms with Crippen LogP contribution < -0.4 is 16.0 Å². The van der Waals surface area contributed by atoms with Gasteiger partial charge in [0, 0.05) is 6.92 Å². The van der Waals surface area contributed by atoms with E-state index in [1.807, 2.05) is 34.0 Å². The van der Waals surface area contributed by atoms with Crippen LogP contribution in [0.15, 0.2) is 0 Å². The minimum Gasteiger partial charge on any atom is -0.345 e. The first-order valence-electron chi connectivity index (χ1n) is 9.57. The molecule has 3 atom stereocenters. The van der Waals surface area contributed by atoms with Crippen LogP contribution in [0.2, 0.25) is 0 Å². The molecule has 0 aromatic rings. The van der Waals surface area contributed by atoms with E-state index in [1.54, 1.807) is 11.8 Å². The van der Waals surface area contributed by atoms with Crippen molar-refractivity contribution in [2.45, 2.75) is 72.0 Å². The number of thiol groups is 1. The molecule has 0 aromatic carbocycles. The van der Waals surface area contributed by atoms with Gasteiger partial charge in [0.2, 0.25) is 22.8 Å². The Kier molecular flexibility index (Phi) is 13.3. The fourth-order valence-electron chi connectivity index (χ4n) is 2.69. The summed E-state index contributed by atoms with van der Waals surface area (Å²) in [4.78, 5) is 48.6. The normalized spacial score (nSPS) is 14.3. The topological polar surface area (TPSA) is 104 Å². The number of nitrogens with one attached hydrogen (secondary N) is 3. The van der Waals surface area contributed by atoms with Crippen LogP contribution in [0.4, 0.5) is 0 Å². The van der Waals surface area contributed by atoms with Crippen LogP contribution >= 0.6 is 24.4 Å². The molecule has 0 heterocycles. The number of hydrogen-bond donors (Lipinski definition) is 4. The number of hydrogen-bond acceptors (Lipinski definition) is 5. The third-order valence-electron chi connectivity index (χ3n) is 3.97. The van der Waals surface area contributed by atoms with Crippen molar-refractivity contribution in [3.8, 4) is 0 Å². The summed E-state index contributed by atoms with van der Waals surface area (Å²) in [6, 6.07) is -2.20. The number of carbonyl (C=O) groups excluding carboxylic acids is 4. The fourth-order valence-corrected chi connectivity index (χ4v) is 3.35. The molecule has 0 fully saturated rings. The minimum atomic E-state index is -0.791. The standard InChI is InChI=1S/C19H35N3O4S2/c1-11(2)9-15(20-13(5)23)17(24)22-16(10-12(3)4)18(25)21-14(19(26)27)7-8-28-6/h11-12,14-16H,7-10H2,1-6H3,(H,20,23)(H,21,25)(H,22,24)(H,26,27)/t14-,15-,16-/m0/s1. The average Bonchev–Trinajstić information content (AvgIpc) is 2.55. The summed E-state index contributed by atoms with van der Waals surface area (Å²) >= 11 is 5.43. The number of rotatable bonds is 13. The molecule has 0 bridgehead atoms. The Balaban J connectivity index is 5.25. The second-order valence-electron chi connectivity index (χ2n) is 7.75. The predicted octanol–water partition coefficient (Wildman–Crippen LogP) is 1.76. The molecule has 0 rings (SSSR count). The molecule has 0 saturated carbocycles. The van der Waals surface area contributed by atoms with Crippen molar-refractivity contribution in [3.05, 3.63) is 0 Å².